The third-order valence-electron chi connectivity index (χ3n) is 4.11. The van der Waals surface area contributed by atoms with E-state index in [4.69, 9.17) is 0 Å². The summed E-state index contributed by atoms with van der Waals surface area (Å²) >= 11 is 0. The van der Waals surface area contributed by atoms with Gasteiger partial charge >= 0.3 is 6.03 Å². The van der Waals surface area contributed by atoms with Crippen molar-refractivity contribution < 1.29 is 14.0 Å². The molecule has 1 atom stereocenters. The van der Waals surface area contributed by atoms with E-state index in [1.807, 2.05) is 32.0 Å². The van der Waals surface area contributed by atoms with E-state index >= 15 is 0 Å². The maximum atomic E-state index is 13.2. The first kappa shape index (κ1) is 17.0. The predicted molar refractivity (Wildman–Crippen MR) is 95.2 cm³/mol. The van der Waals surface area contributed by atoms with Crippen LogP contribution in [-0.4, -0.2) is 24.5 Å². The Morgan fingerprint density at radius 1 is 1.16 bits per heavy atom. The number of halogens is 1. The third kappa shape index (κ3) is 3.96. The minimum Gasteiger partial charge on any atom is -0.326 e. The lowest BCUT2D eigenvalue weighted by Crippen LogP contribution is -2.43. The van der Waals surface area contributed by atoms with Crippen molar-refractivity contribution in [1.29, 1.82) is 0 Å². The van der Waals surface area contributed by atoms with Crippen LogP contribution in [0.4, 0.5) is 20.6 Å². The second-order valence-corrected chi connectivity index (χ2v) is 6.29. The first-order valence-corrected chi connectivity index (χ1v) is 8.15. The monoisotopic (exact) mass is 341 g/mol. The van der Waals surface area contributed by atoms with Crippen LogP contribution < -0.4 is 15.5 Å². The Bertz CT molecular complexity index is 802. The molecule has 0 aromatic heterocycles. The number of rotatable bonds is 3. The molecule has 0 spiro atoms. The summed E-state index contributed by atoms with van der Waals surface area (Å²) in [5.41, 5.74) is 3.36. The van der Waals surface area contributed by atoms with Crippen molar-refractivity contribution in [3.05, 3.63) is 59.4 Å². The van der Waals surface area contributed by atoms with Crippen LogP contribution in [0.15, 0.2) is 42.5 Å². The van der Waals surface area contributed by atoms with Crippen LogP contribution in [0.25, 0.3) is 0 Å². The van der Waals surface area contributed by atoms with Crippen LogP contribution in [0.2, 0.25) is 0 Å². The summed E-state index contributed by atoms with van der Waals surface area (Å²) in [6.07, 6.45) is 0.530. The molecule has 0 saturated carbocycles. The zero-order valence-corrected chi connectivity index (χ0v) is 14.2. The number of carbonyl (C=O) groups excluding carboxylic acids is 2. The van der Waals surface area contributed by atoms with Crippen LogP contribution in [0.1, 0.15) is 17.5 Å². The van der Waals surface area contributed by atoms with Gasteiger partial charge in [-0.15, -0.1) is 0 Å². The smallest absolute Gasteiger partial charge is 0.319 e. The minimum absolute atomic E-state index is 0.139. The van der Waals surface area contributed by atoms with Crippen LogP contribution in [0, 0.1) is 19.7 Å². The van der Waals surface area contributed by atoms with Gasteiger partial charge in [-0.3, -0.25) is 4.79 Å². The van der Waals surface area contributed by atoms with E-state index < -0.39 is 17.9 Å². The molecular weight excluding hydrogens is 321 g/mol. The van der Waals surface area contributed by atoms with E-state index in [2.05, 4.69) is 10.6 Å². The lowest BCUT2D eigenvalue weighted by Gasteiger charge is -2.18. The molecule has 0 aliphatic carbocycles. The van der Waals surface area contributed by atoms with Gasteiger partial charge in [-0.2, -0.15) is 0 Å². The standard InChI is InChI=1S/C19H20FN3O2/c1-12-8-13(2)10-16(9-12)23-7-6-17(18(23)24)22-19(25)21-15-5-3-4-14(20)11-15/h3-5,8-11,17H,6-7H2,1-2H3,(H2,21,22,25). The molecule has 5 nitrogen and oxygen atoms in total. The summed E-state index contributed by atoms with van der Waals surface area (Å²) in [5.74, 6) is -0.574. The van der Waals surface area contributed by atoms with Gasteiger partial charge in [0.15, 0.2) is 0 Å². The molecular formula is C19H20FN3O2. The summed E-state index contributed by atoms with van der Waals surface area (Å²) in [6, 6.07) is 10.5. The van der Waals surface area contributed by atoms with E-state index in [9.17, 15) is 14.0 Å². The molecule has 1 aliphatic rings. The van der Waals surface area contributed by atoms with Gasteiger partial charge < -0.3 is 15.5 Å². The van der Waals surface area contributed by atoms with E-state index in [1.165, 1.54) is 18.2 Å². The van der Waals surface area contributed by atoms with Crippen molar-refractivity contribution in [3.8, 4) is 0 Å². The number of nitrogens with one attached hydrogen (secondary N) is 2. The molecule has 1 saturated heterocycles. The second kappa shape index (κ2) is 6.93. The number of nitrogens with zero attached hydrogens (tertiary/aromatic N) is 1. The normalized spacial score (nSPS) is 16.8. The summed E-state index contributed by atoms with van der Waals surface area (Å²) in [4.78, 5) is 26.3. The highest BCUT2D eigenvalue weighted by atomic mass is 19.1. The zero-order chi connectivity index (χ0) is 18.0. The molecule has 1 unspecified atom stereocenters. The molecule has 1 heterocycles. The molecule has 2 N–H and O–H groups in total. The number of aryl methyl sites for hydroxylation is 2. The Labute approximate surface area is 145 Å². The average molecular weight is 341 g/mol. The molecule has 1 fully saturated rings. The highest BCUT2D eigenvalue weighted by molar-refractivity contribution is 6.02. The first-order chi connectivity index (χ1) is 11.9. The van der Waals surface area contributed by atoms with Crippen LogP contribution in [-0.2, 0) is 4.79 Å². The summed E-state index contributed by atoms with van der Waals surface area (Å²) in [5, 5.41) is 5.20. The molecule has 6 heteroatoms. The summed E-state index contributed by atoms with van der Waals surface area (Å²) in [6.45, 7) is 4.52. The van der Waals surface area contributed by atoms with Gasteiger partial charge in [0.25, 0.3) is 0 Å². The molecule has 2 aromatic carbocycles. The topological polar surface area (TPSA) is 61.4 Å². The fraction of sp³-hybridized carbons (Fsp3) is 0.263. The van der Waals surface area contributed by atoms with Gasteiger partial charge in [0.2, 0.25) is 5.91 Å². The first-order valence-electron chi connectivity index (χ1n) is 8.15. The van der Waals surface area contributed by atoms with Gasteiger partial charge in [0.05, 0.1) is 0 Å². The number of hydrogen-bond acceptors (Lipinski definition) is 2. The highest BCUT2D eigenvalue weighted by Crippen LogP contribution is 2.24. The van der Waals surface area contributed by atoms with Gasteiger partial charge in [-0.25, -0.2) is 9.18 Å². The molecule has 0 bridgehead atoms. The Morgan fingerprint density at radius 2 is 1.88 bits per heavy atom. The maximum absolute atomic E-state index is 13.2. The van der Waals surface area contributed by atoms with E-state index in [0.29, 0.717) is 18.7 Å². The molecule has 3 amide bonds. The molecule has 2 aromatic rings. The minimum atomic E-state index is -0.589. The SMILES string of the molecule is Cc1cc(C)cc(N2CCC(NC(=O)Nc3cccc(F)c3)C2=O)c1. The van der Waals surface area contributed by atoms with Crippen molar-refractivity contribution in [2.75, 3.05) is 16.8 Å². The van der Waals surface area contributed by atoms with Gasteiger partial charge in [0.1, 0.15) is 11.9 Å². The third-order valence-corrected chi connectivity index (χ3v) is 4.11. The van der Waals surface area contributed by atoms with Crippen molar-refractivity contribution >= 4 is 23.3 Å². The number of urea groups is 1. The summed E-state index contributed by atoms with van der Waals surface area (Å²) in [7, 11) is 0. The number of benzene rings is 2. The quantitative estimate of drug-likeness (QED) is 0.899. The number of anilines is 2. The molecule has 130 valence electrons. The maximum Gasteiger partial charge on any atom is 0.319 e. The highest BCUT2D eigenvalue weighted by Gasteiger charge is 2.33. The Morgan fingerprint density at radius 3 is 2.56 bits per heavy atom. The van der Waals surface area contributed by atoms with Crippen molar-refractivity contribution in [3.63, 3.8) is 0 Å². The van der Waals surface area contributed by atoms with Gasteiger partial charge in [-0.05, 0) is 61.7 Å². The lowest BCUT2D eigenvalue weighted by molar-refractivity contribution is -0.118. The fourth-order valence-corrected chi connectivity index (χ4v) is 3.07. The van der Waals surface area contributed by atoms with Crippen molar-refractivity contribution in [2.45, 2.75) is 26.3 Å². The van der Waals surface area contributed by atoms with Gasteiger partial charge in [0, 0.05) is 17.9 Å². The van der Waals surface area contributed by atoms with Crippen LogP contribution >= 0.6 is 0 Å². The van der Waals surface area contributed by atoms with Crippen LogP contribution in [0.3, 0.4) is 0 Å². The van der Waals surface area contributed by atoms with Gasteiger partial charge in [-0.1, -0.05) is 12.1 Å². The Kier molecular flexibility index (Phi) is 4.70. The van der Waals surface area contributed by atoms with Crippen molar-refractivity contribution in [2.24, 2.45) is 0 Å². The second-order valence-electron chi connectivity index (χ2n) is 6.29. The average Bonchev–Trinajstić information content (AvgIpc) is 2.87. The zero-order valence-electron chi connectivity index (χ0n) is 14.2. The molecule has 25 heavy (non-hydrogen) atoms. The molecule has 1 aliphatic heterocycles. The fourth-order valence-electron chi connectivity index (χ4n) is 3.07. The van der Waals surface area contributed by atoms with Crippen molar-refractivity contribution in [1.82, 2.24) is 5.32 Å². The number of hydrogen-bond donors (Lipinski definition) is 2. The number of amides is 3. The van der Waals surface area contributed by atoms with E-state index in [0.717, 1.165) is 16.8 Å². The Balaban J connectivity index is 1.64. The largest absolute Gasteiger partial charge is 0.326 e. The molecule has 3 rings (SSSR count). The van der Waals surface area contributed by atoms with Crippen LogP contribution in [0.5, 0.6) is 0 Å². The molecule has 0 radical (unpaired) electrons. The lowest BCUT2D eigenvalue weighted by atomic mass is 10.1. The Hall–Kier alpha value is -2.89. The van der Waals surface area contributed by atoms with E-state index in [1.54, 1.807) is 11.0 Å². The number of carbonyl (C=O) groups is 2. The summed E-state index contributed by atoms with van der Waals surface area (Å²) < 4.78 is 13.2. The predicted octanol–water partition coefficient (Wildman–Crippen LogP) is 3.37. The van der Waals surface area contributed by atoms with E-state index in [-0.39, 0.29) is 5.91 Å².